The van der Waals surface area contributed by atoms with Crippen LogP contribution >= 0.6 is 0 Å². The van der Waals surface area contributed by atoms with E-state index in [2.05, 4.69) is 16.0 Å². The normalized spacial score (nSPS) is 17.7. The van der Waals surface area contributed by atoms with Crippen molar-refractivity contribution in [3.8, 4) is 0 Å². The third kappa shape index (κ3) is 5.56. The van der Waals surface area contributed by atoms with Crippen LogP contribution in [0.1, 0.15) is 17.5 Å². The molecular weight excluding hydrogens is 378 g/mol. The molecule has 1 aliphatic heterocycles. The number of carbonyl (C=O) groups is 2. The lowest BCUT2D eigenvalue weighted by Crippen LogP contribution is -2.31. The number of benzene rings is 2. The van der Waals surface area contributed by atoms with E-state index in [1.807, 2.05) is 37.3 Å². The van der Waals surface area contributed by atoms with E-state index in [0.29, 0.717) is 17.8 Å². The molecule has 1 fully saturated rings. The standard InChI is InChI=1S/C20H23N3O4S/c1-14-4-2-6-17(10-14)22-20(25)23-18-7-3-5-15(11-18)12-21-19(24)16-8-9-28(26,27)13-16/h2-7,10-11,16H,8-9,12-13H2,1H3,(H,21,24)(H2,22,23,25). The second-order valence-corrected chi connectivity index (χ2v) is 9.20. The average Bonchev–Trinajstić information content (AvgIpc) is 3.00. The molecule has 148 valence electrons. The first kappa shape index (κ1) is 19.9. The van der Waals surface area contributed by atoms with Gasteiger partial charge in [-0.15, -0.1) is 0 Å². The van der Waals surface area contributed by atoms with Gasteiger partial charge in [-0.05, 0) is 48.7 Å². The van der Waals surface area contributed by atoms with Gasteiger partial charge in [0, 0.05) is 17.9 Å². The Hall–Kier alpha value is -2.87. The molecule has 1 aliphatic rings. The van der Waals surface area contributed by atoms with Crippen molar-refractivity contribution in [3.63, 3.8) is 0 Å². The predicted octanol–water partition coefficient (Wildman–Crippen LogP) is 2.69. The highest BCUT2D eigenvalue weighted by Crippen LogP contribution is 2.19. The molecule has 0 radical (unpaired) electrons. The molecule has 0 bridgehead atoms. The van der Waals surface area contributed by atoms with Gasteiger partial charge in [-0.3, -0.25) is 4.79 Å². The molecule has 3 N–H and O–H groups in total. The Bertz CT molecular complexity index is 988. The number of sulfone groups is 1. The number of amides is 3. The highest BCUT2D eigenvalue weighted by atomic mass is 32.2. The number of urea groups is 1. The van der Waals surface area contributed by atoms with Crippen LogP contribution in [0.3, 0.4) is 0 Å². The lowest BCUT2D eigenvalue weighted by atomic mass is 10.1. The first-order valence-corrected chi connectivity index (χ1v) is 10.8. The van der Waals surface area contributed by atoms with Crippen molar-refractivity contribution < 1.29 is 18.0 Å². The highest BCUT2D eigenvalue weighted by Gasteiger charge is 2.32. The number of aryl methyl sites for hydroxylation is 1. The Morgan fingerprint density at radius 2 is 1.71 bits per heavy atom. The van der Waals surface area contributed by atoms with Crippen molar-refractivity contribution >= 4 is 33.2 Å². The summed E-state index contributed by atoms with van der Waals surface area (Å²) in [4.78, 5) is 24.3. The van der Waals surface area contributed by atoms with E-state index in [1.54, 1.807) is 18.2 Å². The predicted molar refractivity (Wildman–Crippen MR) is 109 cm³/mol. The summed E-state index contributed by atoms with van der Waals surface area (Å²) in [6, 6.07) is 14.3. The molecule has 1 saturated heterocycles. The zero-order chi connectivity index (χ0) is 20.1. The Morgan fingerprint density at radius 1 is 1.04 bits per heavy atom. The van der Waals surface area contributed by atoms with Crippen molar-refractivity contribution in [2.45, 2.75) is 19.9 Å². The summed E-state index contributed by atoms with van der Waals surface area (Å²) >= 11 is 0. The van der Waals surface area contributed by atoms with E-state index < -0.39 is 15.8 Å². The number of carbonyl (C=O) groups excluding carboxylic acids is 2. The van der Waals surface area contributed by atoms with Crippen LogP contribution in [0.4, 0.5) is 16.2 Å². The van der Waals surface area contributed by atoms with E-state index in [9.17, 15) is 18.0 Å². The number of nitrogens with one attached hydrogen (secondary N) is 3. The molecule has 1 heterocycles. The minimum Gasteiger partial charge on any atom is -0.352 e. The second-order valence-electron chi connectivity index (χ2n) is 6.97. The number of hydrogen-bond acceptors (Lipinski definition) is 4. The lowest BCUT2D eigenvalue weighted by Gasteiger charge is -2.11. The van der Waals surface area contributed by atoms with Gasteiger partial charge in [0.25, 0.3) is 0 Å². The first-order chi connectivity index (χ1) is 13.3. The van der Waals surface area contributed by atoms with Crippen LogP contribution in [0.2, 0.25) is 0 Å². The van der Waals surface area contributed by atoms with Gasteiger partial charge >= 0.3 is 6.03 Å². The summed E-state index contributed by atoms with van der Waals surface area (Å²) in [7, 11) is -3.09. The lowest BCUT2D eigenvalue weighted by molar-refractivity contribution is -0.124. The molecule has 2 aromatic rings. The van der Waals surface area contributed by atoms with Crippen molar-refractivity contribution in [1.82, 2.24) is 5.32 Å². The van der Waals surface area contributed by atoms with Crippen LogP contribution in [0.25, 0.3) is 0 Å². The molecule has 8 heteroatoms. The molecular formula is C20H23N3O4S. The van der Waals surface area contributed by atoms with Crippen molar-refractivity contribution in [1.29, 1.82) is 0 Å². The Balaban J connectivity index is 1.53. The largest absolute Gasteiger partial charge is 0.352 e. The smallest absolute Gasteiger partial charge is 0.323 e. The van der Waals surface area contributed by atoms with Gasteiger partial charge in [-0.25, -0.2) is 13.2 Å². The topological polar surface area (TPSA) is 104 Å². The number of rotatable bonds is 5. The van der Waals surface area contributed by atoms with E-state index in [0.717, 1.165) is 11.1 Å². The Kier molecular flexibility index (Phi) is 5.99. The highest BCUT2D eigenvalue weighted by molar-refractivity contribution is 7.91. The molecule has 0 aliphatic carbocycles. The summed E-state index contributed by atoms with van der Waals surface area (Å²) in [6.45, 7) is 2.21. The van der Waals surface area contributed by atoms with E-state index in [-0.39, 0.29) is 30.0 Å². The van der Waals surface area contributed by atoms with Gasteiger partial charge in [0.15, 0.2) is 9.84 Å². The van der Waals surface area contributed by atoms with Crippen molar-refractivity contribution in [3.05, 3.63) is 59.7 Å². The molecule has 7 nitrogen and oxygen atoms in total. The summed E-state index contributed by atoms with van der Waals surface area (Å²) in [5, 5.41) is 8.30. The minimum atomic E-state index is -3.09. The van der Waals surface area contributed by atoms with Gasteiger partial charge < -0.3 is 16.0 Å². The molecule has 28 heavy (non-hydrogen) atoms. The van der Waals surface area contributed by atoms with E-state index >= 15 is 0 Å². The fourth-order valence-electron chi connectivity index (χ4n) is 3.11. The van der Waals surface area contributed by atoms with E-state index in [1.165, 1.54) is 0 Å². The maximum absolute atomic E-state index is 12.2. The first-order valence-electron chi connectivity index (χ1n) is 9.02. The Morgan fingerprint density at radius 3 is 2.36 bits per heavy atom. The molecule has 0 spiro atoms. The van der Waals surface area contributed by atoms with Crippen molar-refractivity contribution in [2.75, 3.05) is 22.1 Å². The SMILES string of the molecule is Cc1cccc(NC(=O)Nc2cccc(CNC(=O)C3CCS(=O)(=O)C3)c2)c1. The number of anilines is 2. The Labute approximate surface area is 164 Å². The van der Waals surface area contributed by atoms with Crippen LogP contribution in [-0.2, 0) is 21.2 Å². The zero-order valence-electron chi connectivity index (χ0n) is 15.6. The third-order valence-electron chi connectivity index (χ3n) is 4.53. The molecule has 1 unspecified atom stereocenters. The maximum atomic E-state index is 12.2. The maximum Gasteiger partial charge on any atom is 0.323 e. The van der Waals surface area contributed by atoms with Gasteiger partial charge in [0.2, 0.25) is 5.91 Å². The molecule has 2 aromatic carbocycles. The minimum absolute atomic E-state index is 0.0700. The van der Waals surface area contributed by atoms with Crippen LogP contribution in [0, 0.1) is 12.8 Å². The van der Waals surface area contributed by atoms with Crippen LogP contribution in [0.5, 0.6) is 0 Å². The van der Waals surface area contributed by atoms with Gasteiger partial charge in [-0.1, -0.05) is 24.3 Å². The zero-order valence-corrected chi connectivity index (χ0v) is 16.4. The third-order valence-corrected chi connectivity index (χ3v) is 6.30. The van der Waals surface area contributed by atoms with E-state index in [4.69, 9.17) is 0 Å². The molecule has 0 aromatic heterocycles. The summed E-state index contributed by atoms with van der Waals surface area (Å²) in [5.41, 5.74) is 3.15. The van der Waals surface area contributed by atoms with Gasteiger partial charge in [0.1, 0.15) is 0 Å². The fraction of sp³-hybridized carbons (Fsp3) is 0.300. The number of hydrogen-bond donors (Lipinski definition) is 3. The fourth-order valence-corrected chi connectivity index (χ4v) is 4.85. The summed E-state index contributed by atoms with van der Waals surface area (Å²) in [5.74, 6) is -0.747. The summed E-state index contributed by atoms with van der Waals surface area (Å²) < 4.78 is 23.0. The molecule has 3 amide bonds. The quantitative estimate of drug-likeness (QED) is 0.716. The molecule has 3 rings (SSSR count). The van der Waals surface area contributed by atoms with Gasteiger partial charge in [-0.2, -0.15) is 0 Å². The van der Waals surface area contributed by atoms with Gasteiger partial charge in [0.05, 0.1) is 17.4 Å². The molecule has 0 saturated carbocycles. The van der Waals surface area contributed by atoms with Crippen LogP contribution in [0.15, 0.2) is 48.5 Å². The second kappa shape index (κ2) is 8.43. The van der Waals surface area contributed by atoms with Crippen LogP contribution in [-0.4, -0.2) is 31.9 Å². The summed E-state index contributed by atoms with van der Waals surface area (Å²) in [6.07, 6.45) is 0.370. The monoisotopic (exact) mass is 401 g/mol. The molecule has 1 atom stereocenters. The van der Waals surface area contributed by atoms with Crippen molar-refractivity contribution in [2.24, 2.45) is 5.92 Å². The van der Waals surface area contributed by atoms with Crippen LogP contribution < -0.4 is 16.0 Å². The average molecular weight is 401 g/mol.